The van der Waals surface area contributed by atoms with Crippen LogP contribution in [0.4, 0.5) is 0 Å². The fraction of sp³-hybridized carbons (Fsp3) is 0.800. The average molecular weight is 882 g/mol. The number of carboxylic acid groups (broad SMARTS) is 1. The van der Waals surface area contributed by atoms with Gasteiger partial charge in [-0.1, -0.05) is 210 Å². The molecule has 0 radical (unpaired) electrons. The number of phosphoric ester groups is 1. The molecule has 0 aromatic heterocycles. The van der Waals surface area contributed by atoms with Crippen molar-refractivity contribution in [3.63, 3.8) is 0 Å². The predicted octanol–water partition coefficient (Wildman–Crippen LogP) is 14.2. The second-order valence-corrected chi connectivity index (χ2v) is 18.0. The SMILES string of the molecule is CC/C=C\C/C=C\C/C=C\C/C=C\CCCCCCCOCC(COP(=O)(O)OCC(N)C(=O)O)OC(=O)CCCCCCCCCCCCCCCCCCCCCCC. The lowest BCUT2D eigenvalue weighted by atomic mass is 10.0. The monoisotopic (exact) mass is 882 g/mol. The molecule has 0 aliphatic rings. The molecule has 0 rings (SSSR count). The Balaban J connectivity index is 4.17. The van der Waals surface area contributed by atoms with Gasteiger partial charge in [0.1, 0.15) is 12.1 Å². The van der Waals surface area contributed by atoms with Crippen molar-refractivity contribution in [1.29, 1.82) is 0 Å². The summed E-state index contributed by atoms with van der Waals surface area (Å²) in [6.07, 6.45) is 54.5. The minimum Gasteiger partial charge on any atom is -0.480 e. The zero-order valence-electron chi connectivity index (χ0n) is 39.0. The third kappa shape index (κ3) is 45.8. The summed E-state index contributed by atoms with van der Waals surface area (Å²) in [6.45, 7) is 3.76. The molecule has 0 saturated carbocycles. The first-order chi connectivity index (χ1) is 29.7. The summed E-state index contributed by atoms with van der Waals surface area (Å²) in [5.74, 6) is -1.78. The van der Waals surface area contributed by atoms with E-state index in [1.54, 1.807) is 0 Å². The van der Waals surface area contributed by atoms with Gasteiger partial charge in [0, 0.05) is 13.0 Å². The normalized spacial score (nSPS) is 14.2. The maximum absolute atomic E-state index is 12.7. The Morgan fingerprint density at radius 1 is 0.541 bits per heavy atom. The van der Waals surface area contributed by atoms with Crippen molar-refractivity contribution < 1.29 is 42.7 Å². The first-order valence-corrected chi connectivity index (χ1v) is 26.2. The van der Waals surface area contributed by atoms with Crippen molar-refractivity contribution in [2.24, 2.45) is 5.73 Å². The molecule has 0 heterocycles. The van der Waals surface area contributed by atoms with Gasteiger partial charge in [-0.2, -0.15) is 0 Å². The minimum atomic E-state index is -4.63. The maximum atomic E-state index is 12.7. The Morgan fingerprint density at radius 3 is 1.43 bits per heavy atom. The highest BCUT2D eigenvalue weighted by Gasteiger charge is 2.27. The molecule has 11 heteroatoms. The number of hydrogen-bond donors (Lipinski definition) is 3. The van der Waals surface area contributed by atoms with E-state index in [0.29, 0.717) is 13.0 Å². The van der Waals surface area contributed by atoms with Crippen LogP contribution in [0.25, 0.3) is 0 Å². The summed E-state index contributed by atoms with van der Waals surface area (Å²) in [5, 5.41) is 8.92. The number of hydrogen-bond acceptors (Lipinski definition) is 8. The van der Waals surface area contributed by atoms with Crippen LogP contribution in [0.5, 0.6) is 0 Å². The first-order valence-electron chi connectivity index (χ1n) is 24.7. The Labute approximate surface area is 373 Å². The van der Waals surface area contributed by atoms with E-state index in [1.807, 2.05) is 0 Å². The quantitative estimate of drug-likeness (QED) is 0.0233. The van der Waals surface area contributed by atoms with Gasteiger partial charge in [0.2, 0.25) is 0 Å². The van der Waals surface area contributed by atoms with E-state index in [1.165, 1.54) is 116 Å². The molecule has 0 amide bonds. The minimum absolute atomic E-state index is 0.00548. The highest BCUT2D eigenvalue weighted by molar-refractivity contribution is 7.47. The Morgan fingerprint density at radius 2 is 0.951 bits per heavy atom. The van der Waals surface area contributed by atoms with Crippen molar-refractivity contribution in [3.8, 4) is 0 Å². The molecule has 0 aromatic carbocycles. The molecule has 61 heavy (non-hydrogen) atoms. The summed E-state index contributed by atoms with van der Waals surface area (Å²) >= 11 is 0. The average Bonchev–Trinajstić information content (AvgIpc) is 3.24. The highest BCUT2D eigenvalue weighted by atomic mass is 31.2. The van der Waals surface area contributed by atoms with E-state index in [9.17, 15) is 19.0 Å². The zero-order valence-corrected chi connectivity index (χ0v) is 39.9. The molecule has 0 bridgehead atoms. The standard InChI is InChI=1S/C50H92NO9P/c1-3-5-7-9-11-13-15-17-19-21-23-24-25-26-28-30-32-34-36-38-40-42-49(52)60-47(45-58-61(55,56)59-46-48(51)50(53)54)44-57-43-41-39-37-35-33-31-29-27-22-20-18-16-14-12-10-8-6-4-2/h6,8,12,14,18,20,27,29,47-48H,3-5,7,9-11,13,15-17,19,21-26,28,30-46,51H2,1-2H3,(H,53,54)(H,55,56)/b8-6-,14-12-,20-18-,29-27-. The second-order valence-electron chi connectivity index (χ2n) is 16.6. The van der Waals surface area contributed by atoms with Crippen LogP contribution < -0.4 is 5.73 Å². The first kappa shape index (κ1) is 58.9. The third-order valence-corrected chi connectivity index (χ3v) is 11.6. The van der Waals surface area contributed by atoms with E-state index in [2.05, 4.69) is 62.5 Å². The smallest absolute Gasteiger partial charge is 0.472 e. The number of carboxylic acids is 1. The number of carbonyl (C=O) groups is 2. The van der Waals surface area contributed by atoms with Crippen molar-refractivity contribution in [2.45, 2.75) is 231 Å². The largest absolute Gasteiger partial charge is 0.480 e. The third-order valence-electron chi connectivity index (χ3n) is 10.6. The van der Waals surface area contributed by atoms with Gasteiger partial charge in [-0.3, -0.25) is 18.6 Å². The van der Waals surface area contributed by atoms with Gasteiger partial charge in [-0.05, 0) is 51.4 Å². The number of carbonyl (C=O) groups excluding carboxylic acids is 1. The molecule has 356 valence electrons. The van der Waals surface area contributed by atoms with Gasteiger partial charge in [0.15, 0.2) is 0 Å². The molecule has 0 aliphatic heterocycles. The molecule has 0 saturated heterocycles. The van der Waals surface area contributed by atoms with Crippen LogP contribution in [0.1, 0.15) is 219 Å². The zero-order chi connectivity index (χ0) is 44.8. The highest BCUT2D eigenvalue weighted by Crippen LogP contribution is 2.43. The summed E-state index contributed by atoms with van der Waals surface area (Å²) in [6, 6.07) is -1.48. The molecule has 0 fully saturated rings. The topological polar surface area (TPSA) is 155 Å². The van der Waals surface area contributed by atoms with Crippen LogP contribution in [0.3, 0.4) is 0 Å². The van der Waals surface area contributed by atoms with E-state index in [0.717, 1.165) is 77.0 Å². The van der Waals surface area contributed by atoms with Gasteiger partial charge in [-0.25, -0.2) is 4.57 Å². The van der Waals surface area contributed by atoms with Gasteiger partial charge >= 0.3 is 19.8 Å². The van der Waals surface area contributed by atoms with Crippen molar-refractivity contribution in [1.82, 2.24) is 0 Å². The van der Waals surface area contributed by atoms with Gasteiger partial charge < -0.3 is 25.2 Å². The van der Waals surface area contributed by atoms with Crippen LogP contribution in [0.2, 0.25) is 0 Å². The van der Waals surface area contributed by atoms with Gasteiger partial charge in [0.05, 0.1) is 19.8 Å². The molecule has 10 nitrogen and oxygen atoms in total. The second kappa shape index (κ2) is 45.9. The van der Waals surface area contributed by atoms with Gasteiger partial charge in [0.25, 0.3) is 0 Å². The summed E-state index contributed by atoms with van der Waals surface area (Å²) < 4.78 is 33.5. The maximum Gasteiger partial charge on any atom is 0.472 e. The van der Waals surface area contributed by atoms with Crippen LogP contribution in [0.15, 0.2) is 48.6 Å². The number of aliphatic carboxylic acids is 1. The Hall–Kier alpha value is -2.07. The lowest BCUT2D eigenvalue weighted by molar-refractivity contribution is -0.154. The van der Waals surface area contributed by atoms with Gasteiger partial charge in [-0.15, -0.1) is 0 Å². The predicted molar refractivity (Wildman–Crippen MR) is 254 cm³/mol. The number of esters is 1. The molecule has 0 aliphatic carbocycles. The number of unbranched alkanes of at least 4 members (excludes halogenated alkanes) is 25. The molecule has 0 spiro atoms. The lowest BCUT2D eigenvalue weighted by Crippen LogP contribution is -2.34. The van der Waals surface area contributed by atoms with E-state index in [4.69, 9.17) is 29.4 Å². The summed E-state index contributed by atoms with van der Waals surface area (Å²) in [5.41, 5.74) is 5.37. The Kier molecular flexibility index (Phi) is 44.4. The molecule has 3 atom stereocenters. The molecule has 3 unspecified atom stereocenters. The van der Waals surface area contributed by atoms with E-state index >= 15 is 0 Å². The molecule has 4 N–H and O–H groups in total. The number of phosphoric acid groups is 1. The van der Waals surface area contributed by atoms with Crippen LogP contribution in [0, 0.1) is 0 Å². The van der Waals surface area contributed by atoms with Crippen LogP contribution in [-0.4, -0.2) is 60.5 Å². The summed E-state index contributed by atoms with van der Waals surface area (Å²) in [4.78, 5) is 33.7. The van der Waals surface area contributed by atoms with Crippen molar-refractivity contribution in [3.05, 3.63) is 48.6 Å². The summed E-state index contributed by atoms with van der Waals surface area (Å²) in [7, 11) is -4.63. The fourth-order valence-electron chi connectivity index (χ4n) is 6.83. The van der Waals surface area contributed by atoms with Crippen molar-refractivity contribution in [2.75, 3.05) is 26.4 Å². The van der Waals surface area contributed by atoms with Crippen LogP contribution in [-0.2, 0) is 32.7 Å². The number of rotatable bonds is 47. The van der Waals surface area contributed by atoms with E-state index < -0.39 is 45.1 Å². The molecule has 0 aromatic rings. The van der Waals surface area contributed by atoms with E-state index in [-0.39, 0.29) is 13.0 Å². The number of allylic oxidation sites excluding steroid dienone is 8. The lowest BCUT2D eigenvalue weighted by Gasteiger charge is -2.20. The molecular formula is C50H92NO9P. The number of ether oxygens (including phenoxy) is 2. The van der Waals surface area contributed by atoms with Crippen molar-refractivity contribution >= 4 is 19.8 Å². The number of nitrogens with two attached hydrogens (primary N) is 1. The Bertz CT molecular complexity index is 1160. The molecular weight excluding hydrogens is 790 g/mol. The fourth-order valence-corrected chi connectivity index (χ4v) is 7.61. The van der Waals surface area contributed by atoms with Crippen LogP contribution >= 0.6 is 7.82 Å².